The van der Waals surface area contributed by atoms with Crippen molar-refractivity contribution in [3.63, 3.8) is 0 Å². The maximum atomic E-state index is 12.5. The van der Waals surface area contributed by atoms with Crippen LogP contribution in [0.2, 0.25) is 15.1 Å². The van der Waals surface area contributed by atoms with Crippen LogP contribution >= 0.6 is 34.8 Å². The summed E-state index contributed by atoms with van der Waals surface area (Å²) in [4.78, 5) is 18.2. The van der Waals surface area contributed by atoms with Crippen LogP contribution in [-0.2, 0) is 0 Å². The van der Waals surface area contributed by atoms with Gasteiger partial charge in [-0.2, -0.15) is 0 Å². The van der Waals surface area contributed by atoms with Crippen LogP contribution in [0.3, 0.4) is 0 Å². The van der Waals surface area contributed by atoms with Crippen LogP contribution in [0.5, 0.6) is 0 Å². The lowest BCUT2D eigenvalue weighted by molar-refractivity contribution is 0.0950. The zero-order chi connectivity index (χ0) is 24.1. The van der Waals surface area contributed by atoms with Crippen molar-refractivity contribution in [3.8, 4) is 0 Å². The van der Waals surface area contributed by atoms with Crippen molar-refractivity contribution >= 4 is 52.1 Å². The van der Waals surface area contributed by atoms with E-state index in [1.165, 1.54) is 0 Å². The van der Waals surface area contributed by atoms with Gasteiger partial charge in [0.1, 0.15) is 0 Å². The molecule has 1 heterocycles. The maximum Gasteiger partial charge on any atom is 0.251 e. The first-order valence-electron chi connectivity index (χ1n) is 11.2. The molecule has 1 fully saturated rings. The third-order valence-corrected chi connectivity index (χ3v) is 7.07. The number of carbonyl (C=O) groups excluding carboxylic acids is 1. The van der Waals surface area contributed by atoms with Gasteiger partial charge in [0, 0.05) is 39.4 Å². The Labute approximate surface area is 215 Å². The van der Waals surface area contributed by atoms with Gasteiger partial charge in [-0.05, 0) is 67.1 Å². The molecule has 0 bridgehead atoms. The fourth-order valence-electron chi connectivity index (χ4n) is 4.47. The number of piperidine rings is 1. The van der Waals surface area contributed by atoms with Gasteiger partial charge in [0.25, 0.3) is 5.91 Å². The van der Waals surface area contributed by atoms with Gasteiger partial charge in [-0.25, -0.2) is 4.85 Å². The number of benzene rings is 3. The van der Waals surface area contributed by atoms with Crippen molar-refractivity contribution in [1.29, 1.82) is 0 Å². The molecular formula is C27H24Cl3N3O. The molecule has 4 rings (SSSR count). The molecule has 0 spiro atoms. The minimum absolute atomic E-state index is 0.118. The van der Waals surface area contributed by atoms with E-state index in [1.54, 1.807) is 30.3 Å². The van der Waals surface area contributed by atoms with Crippen LogP contribution < -0.4 is 10.2 Å². The number of amides is 1. The normalized spacial score (nSPS) is 17.8. The molecule has 7 heteroatoms. The first-order valence-corrected chi connectivity index (χ1v) is 12.3. The molecule has 0 aromatic heterocycles. The molecule has 2 atom stereocenters. The lowest BCUT2D eigenvalue weighted by Crippen LogP contribution is -2.39. The molecule has 0 unspecified atom stereocenters. The summed E-state index contributed by atoms with van der Waals surface area (Å²) in [6.07, 6.45) is 2.85. The maximum absolute atomic E-state index is 12.5. The summed E-state index contributed by atoms with van der Waals surface area (Å²) >= 11 is 18.8. The second-order valence-corrected chi connectivity index (χ2v) is 9.74. The Hall–Kier alpha value is -2.71. The van der Waals surface area contributed by atoms with Crippen LogP contribution in [0.1, 0.15) is 41.2 Å². The van der Waals surface area contributed by atoms with E-state index in [1.807, 2.05) is 36.4 Å². The second-order valence-electron chi connectivity index (χ2n) is 8.46. The van der Waals surface area contributed by atoms with Crippen molar-refractivity contribution in [1.82, 2.24) is 5.32 Å². The van der Waals surface area contributed by atoms with Crippen LogP contribution in [-0.4, -0.2) is 19.0 Å². The zero-order valence-electron chi connectivity index (χ0n) is 18.5. The number of rotatable bonds is 6. The van der Waals surface area contributed by atoms with Crippen LogP contribution in [0.4, 0.5) is 11.4 Å². The summed E-state index contributed by atoms with van der Waals surface area (Å²) in [7, 11) is 0. The molecule has 0 radical (unpaired) electrons. The van der Waals surface area contributed by atoms with Crippen molar-refractivity contribution in [3.05, 3.63) is 104 Å². The number of halogens is 3. The Morgan fingerprint density at radius 1 is 0.971 bits per heavy atom. The van der Waals surface area contributed by atoms with Crippen molar-refractivity contribution in [2.45, 2.75) is 25.3 Å². The van der Waals surface area contributed by atoms with E-state index in [4.69, 9.17) is 41.4 Å². The minimum atomic E-state index is -0.118. The molecule has 4 nitrogen and oxygen atoms in total. The number of anilines is 1. The third kappa shape index (κ3) is 5.85. The second kappa shape index (κ2) is 11.1. The van der Waals surface area contributed by atoms with Crippen LogP contribution in [0.25, 0.3) is 4.85 Å². The third-order valence-electron chi connectivity index (χ3n) is 6.26. The zero-order valence-corrected chi connectivity index (χ0v) is 20.7. The van der Waals surface area contributed by atoms with Crippen LogP contribution in [0.15, 0.2) is 66.7 Å². The van der Waals surface area contributed by atoms with E-state index < -0.39 is 0 Å². The number of hydrogen-bond acceptors (Lipinski definition) is 2. The molecule has 1 saturated heterocycles. The molecule has 1 aliphatic heterocycles. The summed E-state index contributed by atoms with van der Waals surface area (Å²) in [6, 6.07) is 20.4. The Morgan fingerprint density at radius 3 is 2.35 bits per heavy atom. The molecular weight excluding hydrogens is 489 g/mol. The Kier molecular flexibility index (Phi) is 8.00. The quantitative estimate of drug-likeness (QED) is 0.340. The highest BCUT2D eigenvalue weighted by Gasteiger charge is 2.30. The predicted molar refractivity (Wildman–Crippen MR) is 140 cm³/mol. The van der Waals surface area contributed by atoms with Crippen molar-refractivity contribution in [2.24, 2.45) is 5.92 Å². The molecule has 3 aromatic carbocycles. The van der Waals surface area contributed by atoms with E-state index in [9.17, 15) is 4.79 Å². The van der Waals surface area contributed by atoms with E-state index in [0.717, 1.165) is 37.1 Å². The molecule has 0 aliphatic carbocycles. The summed E-state index contributed by atoms with van der Waals surface area (Å²) in [5, 5.41) is 5.01. The standard InChI is InChI=1S/C27H24Cl3N3O/c1-31-22-8-3-19(4-9-22)27(34)32-15-14-18-2-13-26(24-12-7-21(29)16-25(24)30)33(17-18)23-10-5-20(28)6-11-23/h3-12,16,18,26H,2,13-15,17H2,(H,32,34)/t18-,26-/m0/s1. The highest BCUT2D eigenvalue weighted by Crippen LogP contribution is 2.41. The Bertz CT molecular complexity index is 1190. The highest BCUT2D eigenvalue weighted by atomic mass is 35.5. The average Bonchev–Trinajstić information content (AvgIpc) is 2.85. The van der Waals surface area contributed by atoms with Crippen molar-refractivity contribution in [2.75, 3.05) is 18.0 Å². The topological polar surface area (TPSA) is 36.7 Å². The van der Waals surface area contributed by atoms with Gasteiger partial charge >= 0.3 is 0 Å². The predicted octanol–water partition coefficient (Wildman–Crippen LogP) is 7.98. The summed E-state index contributed by atoms with van der Waals surface area (Å²) in [5.74, 6) is 0.301. The van der Waals surface area contributed by atoms with Gasteiger partial charge in [0.05, 0.1) is 12.6 Å². The minimum Gasteiger partial charge on any atom is -0.364 e. The van der Waals surface area contributed by atoms with E-state index in [0.29, 0.717) is 38.8 Å². The molecule has 1 amide bonds. The lowest BCUT2D eigenvalue weighted by Gasteiger charge is -2.42. The molecule has 1 aliphatic rings. The number of nitrogens with zero attached hydrogens (tertiary/aromatic N) is 2. The first-order chi connectivity index (χ1) is 16.4. The molecule has 174 valence electrons. The smallest absolute Gasteiger partial charge is 0.251 e. The Balaban J connectivity index is 1.43. The van der Waals surface area contributed by atoms with E-state index >= 15 is 0 Å². The van der Waals surface area contributed by atoms with Crippen molar-refractivity contribution < 1.29 is 4.79 Å². The molecule has 0 saturated carbocycles. The number of carbonyl (C=O) groups is 1. The fraction of sp³-hybridized carbons (Fsp3) is 0.259. The lowest BCUT2D eigenvalue weighted by atomic mass is 9.86. The molecule has 34 heavy (non-hydrogen) atoms. The average molecular weight is 513 g/mol. The van der Waals surface area contributed by atoms with Crippen LogP contribution in [0, 0.1) is 12.5 Å². The SMILES string of the molecule is [C-]#[N+]c1ccc(C(=O)NCC[C@@H]2CC[C@@H](c3ccc(Cl)cc3Cl)N(c3ccc(Cl)cc3)C2)cc1. The Morgan fingerprint density at radius 2 is 1.68 bits per heavy atom. The van der Waals surface area contributed by atoms with Gasteiger partial charge in [-0.3, -0.25) is 4.79 Å². The summed E-state index contributed by atoms with van der Waals surface area (Å²) in [5.41, 5.74) is 3.25. The molecule has 1 N–H and O–H groups in total. The number of nitrogens with one attached hydrogen (secondary N) is 1. The number of hydrogen-bond donors (Lipinski definition) is 1. The highest BCUT2D eigenvalue weighted by molar-refractivity contribution is 6.35. The fourth-order valence-corrected chi connectivity index (χ4v) is 5.13. The summed E-state index contributed by atoms with van der Waals surface area (Å²) < 4.78 is 0. The van der Waals surface area contributed by atoms with Gasteiger partial charge in [-0.15, -0.1) is 0 Å². The van der Waals surface area contributed by atoms with Gasteiger partial charge < -0.3 is 10.2 Å². The van der Waals surface area contributed by atoms with Gasteiger partial charge in [0.2, 0.25) is 0 Å². The van der Waals surface area contributed by atoms with Gasteiger partial charge in [0.15, 0.2) is 5.69 Å². The van der Waals surface area contributed by atoms with E-state index in [-0.39, 0.29) is 11.9 Å². The van der Waals surface area contributed by atoms with Gasteiger partial charge in [-0.1, -0.05) is 65.1 Å². The largest absolute Gasteiger partial charge is 0.364 e. The monoisotopic (exact) mass is 511 g/mol. The summed E-state index contributed by atoms with van der Waals surface area (Å²) in [6.45, 7) is 8.47. The molecule has 3 aromatic rings. The first kappa shape index (κ1) is 24.4. The van der Waals surface area contributed by atoms with E-state index in [2.05, 4.69) is 15.1 Å².